The van der Waals surface area contributed by atoms with Gasteiger partial charge in [-0.3, -0.25) is 9.59 Å². The Morgan fingerprint density at radius 1 is 0.604 bits per heavy atom. The van der Waals surface area contributed by atoms with E-state index in [4.69, 9.17) is 14.7 Å². The molecule has 2 amide bonds. The predicted octanol–water partition coefficient (Wildman–Crippen LogP) is 9.36. The summed E-state index contributed by atoms with van der Waals surface area (Å²) in [6.07, 6.45) is 10.1. The van der Waals surface area contributed by atoms with Gasteiger partial charge in [-0.25, -0.2) is 9.36 Å². The molecule has 4 aliphatic rings. The average molecular weight is 706 g/mol. The van der Waals surface area contributed by atoms with Crippen molar-refractivity contribution in [2.75, 3.05) is 10.6 Å². The van der Waals surface area contributed by atoms with Crippen molar-refractivity contribution in [3.63, 3.8) is 0 Å². The number of carbonyl (C=O) groups excluding carboxylic acids is 2. The number of nitrogens with zero attached hydrogens (tertiary/aromatic N) is 5. The van der Waals surface area contributed by atoms with Crippen LogP contribution in [0.1, 0.15) is 130 Å². The van der Waals surface area contributed by atoms with Crippen LogP contribution in [0.3, 0.4) is 0 Å². The maximum Gasteiger partial charge on any atom is 0.261 e. The van der Waals surface area contributed by atoms with Crippen LogP contribution in [0.25, 0.3) is 11.4 Å². The van der Waals surface area contributed by atoms with E-state index in [-0.39, 0.29) is 11.8 Å². The van der Waals surface area contributed by atoms with Crippen molar-refractivity contribution in [2.24, 2.45) is 0 Å². The molecule has 0 saturated heterocycles. The first-order valence-corrected chi connectivity index (χ1v) is 18.9. The molecule has 0 aliphatic heterocycles. The fraction of sp³-hybridized carbons (Fsp3) is 0.326. The Balaban J connectivity index is 0.000000141. The van der Waals surface area contributed by atoms with Crippen molar-refractivity contribution in [3.05, 3.63) is 136 Å². The summed E-state index contributed by atoms with van der Waals surface area (Å²) in [6.45, 7) is 3.51. The van der Waals surface area contributed by atoms with E-state index >= 15 is 0 Å². The molecule has 6 aromatic rings. The van der Waals surface area contributed by atoms with Crippen LogP contribution in [0.5, 0.6) is 0 Å². The van der Waals surface area contributed by atoms with Gasteiger partial charge in [0.25, 0.3) is 11.8 Å². The Morgan fingerprint density at radius 3 is 1.47 bits per heavy atom. The standard InChI is InChI=1S/C22H21N3O.C21H22N4O2/c26-22(17-4-2-1-3-5-17)23-18-10-12-19(13-11-18)25-21(16-8-9-16)14-20(24-25)15-6-7-15;1-12-20(13(2)27-24-12)21(26)22-16-7-9-17(10-8-16)25-19(15-5-6-15)11-18(23-25)14-3-4-14/h1-5,10-16H,6-9H2,(H,23,26);7-11,14-15H,3-6H2,1-2H3,(H,22,26). The summed E-state index contributed by atoms with van der Waals surface area (Å²) in [5.41, 5.74) is 10.5. The number of benzene rings is 3. The number of amides is 2. The fourth-order valence-electron chi connectivity index (χ4n) is 6.91. The Hall–Kier alpha value is -5.77. The number of rotatable bonds is 10. The number of carbonyl (C=O) groups is 2. The quantitative estimate of drug-likeness (QED) is 0.147. The van der Waals surface area contributed by atoms with Crippen LogP contribution in [-0.2, 0) is 0 Å². The molecule has 0 bridgehead atoms. The first-order chi connectivity index (χ1) is 25.9. The van der Waals surface area contributed by atoms with E-state index in [0.717, 1.165) is 22.7 Å². The number of anilines is 2. The van der Waals surface area contributed by atoms with Gasteiger partial charge in [0, 0.05) is 52.0 Å². The molecule has 0 unspecified atom stereocenters. The molecule has 268 valence electrons. The third-order valence-electron chi connectivity index (χ3n) is 10.5. The second-order valence-corrected chi connectivity index (χ2v) is 15.0. The van der Waals surface area contributed by atoms with Gasteiger partial charge in [0.15, 0.2) is 0 Å². The van der Waals surface area contributed by atoms with E-state index < -0.39 is 0 Å². The van der Waals surface area contributed by atoms with Crippen molar-refractivity contribution in [1.29, 1.82) is 0 Å². The molecule has 0 radical (unpaired) electrons. The highest BCUT2D eigenvalue weighted by molar-refractivity contribution is 6.05. The van der Waals surface area contributed by atoms with Gasteiger partial charge in [-0.1, -0.05) is 23.4 Å². The molecular formula is C43H43N7O3. The molecule has 10 heteroatoms. The minimum atomic E-state index is -0.201. The highest BCUT2D eigenvalue weighted by atomic mass is 16.5. The van der Waals surface area contributed by atoms with Gasteiger partial charge < -0.3 is 15.2 Å². The molecule has 2 N–H and O–H groups in total. The molecule has 3 aromatic heterocycles. The maximum absolute atomic E-state index is 12.5. The van der Waals surface area contributed by atoms with E-state index in [0.29, 0.717) is 46.3 Å². The second kappa shape index (κ2) is 13.7. The van der Waals surface area contributed by atoms with Crippen molar-refractivity contribution >= 4 is 23.2 Å². The third kappa shape index (κ3) is 7.31. The summed E-state index contributed by atoms with van der Waals surface area (Å²) in [7, 11) is 0. The van der Waals surface area contributed by atoms with Gasteiger partial charge in [0.05, 0.1) is 28.5 Å². The van der Waals surface area contributed by atoms with Crippen LogP contribution < -0.4 is 10.6 Å². The zero-order valence-corrected chi connectivity index (χ0v) is 30.1. The Kier molecular flexibility index (Phi) is 8.52. The van der Waals surface area contributed by atoms with Crippen LogP contribution in [0, 0.1) is 13.8 Å². The summed E-state index contributed by atoms with van der Waals surface area (Å²) < 4.78 is 9.27. The van der Waals surface area contributed by atoms with Crippen LogP contribution >= 0.6 is 0 Å². The minimum Gasteiger partial charge on any atom is -0.361 e. The molecule has 53 heavy (non-hydrogen) atoms. The average Bonchev–Trinajstić information content (AvgIpc) is 3.98. The summed E-state index contributed by atoms with van der Waals surface area (Å²) in [5.74, 6) is 2.85. The van der Waals surface area contributed by atoms with Crippen molar-refractivity contribution in [1.82, 2.24) is 24.7 Å². The Morgan fingerprint density at radius 2 is 1.06 bits per heavy atom. The molecular weight excluding hydrogens is 663 g/mol. The van der Waals surface area contributed by atoms with E-state index in [9.17, 15) is 9.59 Å². The van der Waals surface area contributed by atoms with Gasteiger partial charge in [-0.2, -0.15) is 10.2 Å². The largest absolute Gasteiger partial charge is 0.361 e. The molecule has 3 heterocycles. The number of aromatic nitrogens is 5. The van der Waals surface area contributed by atoms with Crippen LogP contribution in [0.4, 0.5) is 11.4 Å². The molecule has 3 aromatic carbocycles. The number of hydrogen-bond donors (Lipinski definition) is 2. The molecule has 0 spiro atoms. The monoisotopic (exact) mass is 705 g/mol. The highest BCUT2D eigenvalue weighted by Crippen LogP contribution is 2.46. The molecule has 4 aliphatic carbocycles. The van der Waals surface area contributed by atoms with Gasteiger partial charge in [-0.15, -0.1) is 0 Å². The maximum atomic E-state index is 12.5. The smallest absolute Gasteiger partial charge is 0.261 e. The first kappa shape index (κ1) is 33.1. The van der Waals surface area contributed by atoms with Crippen molar-refractivity contribution in [3.8, 4) is 11.4 Å². The van der Waals surface area contributed by atoms with Crippen LogP contribution in [0.15, 0.2) is 95.5 Å². The lowest BCUT2D eigenvalue weighted by atomic mass is 10.2. The molecule has 10 nitrogen and oxygen atoms in total. The molecule has 10 rings (SSSR count). The summed E-state index contributed by atoms with van der Waals surface area (Å²) in [6, 6.07) is 29.7. The Bertz CT molecular complexity index is 2250. The lowest BCUT2D eigenvalue weighted by molar-refractivity contribution is 0.101. The van der Waals surface area contributed by atoms with Gasteiger partial charge >= 0.3 is 0 Å². The van der Waals surface area contributed by atoms with Crippen molar-refractivity contribution in [2.45, 2.75) is 88.9 Å². The molecule has 4 fully saturated rings. The summed E-state index contributed by atoms with van der Waals surface area (Å²) >= 11 is 0. The normalized spacial score (nSPS) is 16.5. The molecule has 0 atom stereocenters. The summed E-state index contributed by atoms with van der Waals surface area (Å²) in [4.78, 5) is 24.8. The van der Waals surface area contributed by atoms with Gasteiger partial charge in [0.2, 0.25) is 0 Å². The topological polar surface area (TPSA) is 120 Å². The first-order valence-electron chi connectivity index (χ1n) is 18.9. The Labute approximate surface area is 308 Å². The number of hydrogen-bond acceptors (Lipinski definition) is 6. The number of nitrogens with one attached hydrogen (secondary N) is 2. The SMILES string of the molecule is Cc1noc(C)c1C(=O)Nc1ccc(-n2nc(C3CC3)cc2C2CC2)cc1.O=C(Nc1ccc(-n2nc(C3CC3)cc2C2CC2)cc1)c1ccccc1. The van der Waals surface area contributed by atoms with Crippen molar-refractivity contribution < 1.29 is 14.1 Å². The third-order valence-corrected chi connectivity index (χ3v) is 10.5. The predicted molar refractivity (Wildman–Crippen MR) is 203 cm³/mol. The highest BCUT2D eigenvalue weighted by Gasteiger charge is 2.34. The van der Waals surface area contributed by atoms with Gasteiger partial charge in [-0.05, 0) is 138 Å². The lowest BCUT2D eigenvalue weighted by Crippen LogP contribution is -2.13. The fourth-order valence-corrected chi connectivity index (χ4v) is 6.91. The van der Waals surface area contributed by atoms with E-state index in [2.05, 4.69) is 37.3 Å². The van der Waals surface area contributed by atoms with Crippen LogP contribution in [-0.4, -0.2) is 36.5 Å². The zero-order valence-electron chi connectivity index (χ0n) is 30.1. The lowest BCUT2D eigenvalue weighted by Gasteiger charge is -2.09. The summed E-state index contributed by atoms with van der Waals surface area (Å²) in [5, 5.41) is 19.4. The second-order valence-electron chi connectivity index (χ2n) is 15.0. The number of aryl methyl sites for hydroxylation is 2. The minimum absolute atomic E-state index is 0.0906. The van der Waals surface area contributed by atoms with E-state index in [1.165, 1.54) is 74.1 Å². The van der Waals surface area contributed by atoms with E-state index in [1.807, 2.05) is 78.9 Å². The van der Waals surface area contributed by atoms with Gasteiger partial charge in [0.1, 0.15) is 11.3 Å². The molecule has 4 saturated carbocycles. The van der Waals surface area contributed by atoms with E-state index in [1.54, 1.807) is 13.8 Å². The van der Waals surface area contributed by atoms with Crippen LogP contribution in [0.2, 0.25) is 0 Å². The zero-order chi connectivity index (χ0) is 36.1.